The van der Waals surface area contributed by atoms with Crippen molar-refractivity contribution < 1.29 is 19.0 Å². The molecule has 0 saturated carbocycles. The summed E-state index contributed by atoms with van der Waals surface area (Å²) >= 11 is 0. The van der Waals surface area contributed by atoms with E-state index in [4.69, 9.17) is 0 Å². The van der Waals surface area contributed by atoms with E-state index in [2.05, 4.69) is 15.0 Å². The molecule has 1 aliphatic rings. The maximum absolute atomic E-state index is 12.9. The van der Waals surface area contributed by atoms with Crippen molar-refractivity contribution in [1.29, 1.82) is 0 Å². The van der Waals surface area contributed by atoms with E-state index >= 15 is 0 Å². The molecule has 1 saturated heterocycles. The van der Waals surface area contributed by atoms with E-state index in [0.717, 1.165) is 11.0 Å². The average molecular weight is 430 g/mol. The van der Waals surface area contributed by atoms with Crippen LogP contribution in [0.5, 0.6) is 0 Å². The first-order chi connectivity index (χ1) is 14.4. The summed E-state index contributed by atoms with van der Waals surface area (Å²) in [5.41, 5.74) is 1.06. The molecule has 30 heavy (non-hydrogen) atoms. The molecule has 1 aromatic carbocycles. The summed E-state index contributed by atoms with van der Waals surface area (Å²) in [4.78, 5) is 37.8. The van der Waals surface area contributed by atoms with Crippen LogP contribution in [0.3, 0.4) is 0 Å². The summed E-state index contributed by atoms with van der Waals surface area (Å²) in [5.74, 6) is 0.578. The van der Waals surface area contributed by atoms with Crippen LogP contribution in [-0.2, 0) is 0 Å². The summed E-state index contributed by atoms with van der Waals surface area (Å²) in [7, 11) is -2.65. The fourth-order valence-corrected chi connectivity index (χ4v) is 5.40. The lowest BCUT2D eigenvalue weighted by Crippen LogP contribution is -2.33. The molecule has 12 heteroatoms. The second kappa shape index (κ2) is 6.65. The lowest BCUT2D eigenvalue weighted by atomic mass is 10.1. The van der Waals surface area contributed by atoms with Crippen molar-refractivity contribution in [1.82, 2.24) is 28.7 Å². The Morgan fingerprint density at radius 1 is 1.10 bits per heavy atom. The van der Waals surface area contributed by atoms with Gasteiger partial charge in [0.15, 0.2) is 5.65 Å². The van der Waals surface area contributed by atoms with Crippen LogP contribution in [0.2, 0.25) is 0 Å². The van der Waals surface area contributed by atoms with Crippen LogP contribution in [0.4, 0.5) is 4.79 Å². The molecule has 0 unspecified atom stereocenters. The van der Waals surface area contributed by atoms with Crippen molar-refractivity contribution in [2.24, 2.45) is 0 Å². The van der Waals surface area contributed by atoms with Gasteiger partial charge in [0.1, 0.15) is 11.8 Å². The number of benzene rings is 1. The third kappa shape index (κ3) is 2.88. The number of carbonyl (C=O) groups is 1. The second-order valence-electron chi connectivity index (χ2n) is 7.19. The number of para-hydroxylation sites is 2. The standard InChI is InChI=1S/C18H18N6O5S/c25-17-23(11-5-7-30(28,29)8-6-11)15-14(24(17)18(26)27)9-19-16(21-15)22-10-20-12-3-1-2-4-13(12)22/h1-4,9-11,28-29H,5-8H2,(H,26,27). The Morgan fingerprint density at radius 3 is 2.57 bits per heavy atom. The highest BCUT2D eigenvalue weighted by molar-refractivity contribution is 8.24. The van der Waals surface area contributed by atoms with Gasteiger partial charge in [0.05, 0.1) is 17.2 Å². The number of nitrogens with zero attached hydrogens (tertiary/aromatic N) is 6. The largest absolute Gasteiger partial charge is 0.464 e. The molecule has 0 bridgehead atoms. The average Bonchev–Trinajstić information content (AvgIpc) is 3.26. The van der Waals surface area contributed by atoms with Crippen molar-refractivity contribution >= 4 is 38.9 Å². The lowest BCUT2D eigenvalue weighted by Gasteiger charge is -2.39. The normalized spacial score (nSPS) is 18.1. The second-order valence-corrected chi connectivity index (χ2v) is 9.62. The zero-order valence-corrected chi connectivity index (χ0v) is 16.4. The SMILES string of the molecule is O=C(O)n1c(=O)n(C2CCS(O)(O)CC2)c2nc(-n3cnc4ccccc43)ncc21. The van der Waals surface area contributed by atoms with Gasteiger partial charge in [0.2, 0.25) is 5.95 Å². The van der Waals surface area contributed by atoms with Crippen molar-refractivity contribution in [3.05, 3.63) is 47.3 Å². The third-order valence-corrected chi connectivity index (χ3v) is 7.16. The van der Waals surface area contributed by atoms with Gasteiger partial charge in [-0.1, -0.05) is 12.1 Å². The Hall–Kier alpha value is -3.22. The van der Waals surface area contributed by atoms with E-state index in [1.54, 1.807) is 10.9 Å². The van der Waals surface area contributed by atoms with Crippen LogP contribution in [0.1, 0.15) is 18.9 Å². The molecule has 4 heterocycles. The summed E-state index contributed by atoms with van der Waals surface area (Å²) in [6.45, 7) is 0. The predicted octanol–water partition coefficient (Wildman–Crippen LogP) is 2.54. The molecule has 1 fully saturated rings. The summed E-state index contributed by atoms with van der Waals surface area (Å²) < 4.78 is 23.4. The Labute approximate surface area is 170 Å². The number of hydrogen-bond donors (Lipinski definition) is 3. The molecule has 156 valence electrons. The van der Waals surface area contributed by atoms with E-state index in [9.17, 15) is 23.8 Å². The highest BCUT2D eigenvalue weighted by Crippen LogP contribution is 2.47. The molecule has 5 rings (SSSR count). The number of hydrogen-bond acceptors (Lipinski definition) is 7. The van der Waals surface area contributed by atoms with E-state index in [1.807, 2.05) is 24.3 Å². The molecule has 3 N–H and O–H groups in total. The Kier molecular flexibility index (Phi) is 4.17. The van der Waals surface area contributed by atoms with Gasteiger partial charge in [-0.05, 0) is 25.0 Å². The number of rotatable bonds is 2. The predicted molar refractivity (Wildman–Crippen MR) is 111 cm³/mol. The van der Waals surface area contributed by atoms with Crippen molar-refractivity contribution in [2.75, 3.05) is 11.5 Å². The Bertz CT molecular complexity index is 1350. The van der Waals surface area contributed by atoms with Crippen LogP contribution in [0.25, 0.3) is 28.1 Å². The van der Waals surface area contributed by atoms with E-state index in [-0.39, 0.29) is 34.7 Å². The quantitative estimate of drug-likeness (QED) is 0.439. The molecule has 3 aromatic heterocycles. The molecule has 1 aliphatic heterocycles. The lowest BCUT2D eigenvalue weighted by molar-refractivity contribution is 0.196. The Balaban J connectivity index is 1.71. The number of imidazole rings is 2. The molecule has 0 atom stereocenters. The van der Waals surface area contributed by atoms with Crippen LogP contribution >= 0.6 is 10.6 Å². The summed E-state index contributed by atoms with van der Waals surface area (Å²) in [5, 5.41) is 9.56. The first-order valence-corrected chi connectivity index (χ1v) is 11.1. The molecule has 0 amide bonds. The van der Waals surface area contributed by atoms with Crippen molar-refractivity contribution in [3.8, 4) is 5.95 Å². The van der Waals surface area contributed by atoms with Crippen LogP contribution in [0.15, 0.2) is 41.6 Å². The van der Waals surface area contributed by atoms with Crippen LogP contribution in [-0.4, -0.2) is 60.5 Å². The minimum absolute atomic E-state index is 0.0813. The molecule has 4 aromatic rings. The van der Waals surface area contributed by atoms with Gasteiger partial charge in [-0.15, -0.1) is 0 Å². The number of fused-ring (bicyclic) bond motifs is 2. The van der Waals surface area contributed by atoms with Gasteiger partial charge >= 0.3 is 11.8 Å². The monoisotopic (exact) mass is 430 g/mol. The molecule has 0 spiro atoms. The van der Waals surface area contributed by atoms with Crippen molar-refractivity contribution in [2.45, 2.75) is 18.9 Å². The molecule has 0 aliphatic carbocycles. The van der Waals surface area contributed by atoms with Gasteiger partial charge in [-0.25, -0.2) is 19.6 Å². The van der Waals surface area contributed by atoms with Gasteiger partial charge in [0.25, 0.3) is 0 Å². The number of carboxylic acid groups (broad SMARTS) is 1. The van der Waals surface area contributed by atoms with Gasteiger partial charge < -0.3 is 5.11 Å². The Morgan fingerprint density at radius 2 is 1.83 bits per heavy atom. The van der Waals surface area contributed by atoms with Crippen molar-refractivity contribution in [3.63, 3.8) is 0 Å². The first-order valence-electron chi connectivity index (χ1n) is 9.25. The summed E-state index contributed by atoms with van der Waals surface area (Å²) in [6.07, 6.45) is 2.14. The maximum Gasteiger partial charge on any atom is 0.420 e. The highest BCUT2D eigenvalue weighted by Gasteiger charge is 2.30. The van der Waals surface area contributed by atoms with Gasteiger partial charge in [-0.2, -0.15) is 20.1 Å². The topological polar surface area (TPSA) is 148 Å². The van der Waals surface area contributed by atoms with E-state index in [0.29, 0.717) is 17.4 Å². The fourth-order valence-electron chi connectivity index (χ4n) is 3.90. The van der Waals surface area contributed by atoms with Crippen LogP contribution < -0.4 is 5.69 Å². The summed E-state index contributed by atoms with van der Waals surface area (Å²) in [6, 6.07) is 7.04. The molecular formula is C18H18N6O5S. The highest BCUT2D eigenvalue weighted by atomic mass is 32.3. The zero-order valence-electron chi connectivity index (χ0n) is 15.6. The maximum atomic E-state index is 12.9. The minimum atomic E-state index is -2.65. The number of aromatic nitrogens is 6. The van der Waals surface area contributed by atoms with E-state index < -0.39 is 22.4 Å². The van der Waals surface area contributed by atoms with E-state index in [1.165, 1.54) is 10.8 Å². The third-order valence-electron chi connectivity index (χ3n) is 5.39. The zero-order chi connectivity index (χ0) is 21.0. The fraction of sp³-hybridized carbons (Fsp3) is 0.278. The molecule has 11 nitrogen and oxygen atoms in total. The smallest absolute Gasteiger partial charge is 0.420 e. The van der Waals surface area contributed by atoms with Gasteiger partial charge in [0, 0.05) is 17.5 Å². The first kappa shape index (κ1) is 18.8. The molecular weight excluding hydrogens is 412 g/mol. The van der Waals surface area contributed by atoms with Gasteiger partial charge in [-0.3, -0.25) is 18.2 Å². The minimum Gasteiger partial charge on any atom is -0.464 e. The van der Waals surface area contributed by atoms with Crippen LogP contribution in [0, 0.1) is 0 Å². The molecule has 0 radical (unpaired) electrons.